The molecule has 0 bridgehead atoms. The maximum absolute atomic E-state index is 5.20. The highest BCUT2D eigenvalue weighted by Crippen LogP contribution is 2.13. The van der Waals surface area contributed by atoms with Gasteiger partial charge < -0.3 is 14.7 Å². The fourth-order valence-corrected chi connectivity index (χ4v) is 2.63. The van der Waals surface area contributed by atoms with E-state index >= 15 is 0 Å². The van der Waals surface area contributed by atoms with Crippen LogP contribution < -0.4 is 5.32 Å². The van der Waals surface area contributed by atoms with Gasteiger partial charge in [-0.25, -0.2) is 0 Å². The summed E-state index contributed by atoms with van der Waals surface area (Å²) in [5, 5.41) is 7.43. The van der Waals surface area contributed by atoms with Crippen LogP contribution in [0.2, 0.25) is 0 Å². The van der Waals surface area contributed by atoms with Crippen LogP contribution >= 0.6 is 24.0 Å². The van der Waals surface area contributed by atoms with Crippen molar-refractivity contribution in [2.45, 2.75) is 52.4 Å². The lowest BCUT2D eigenvalue weighted by Gasteiger charge is -2.22. The third-order valence-corrected chi connectivity index (χ3v) is 4.04. The molecule has 0 aliphatic heterocycles. The number of nitrogens with zero attached hydrogens (tertiary/aromatic N) is 3. The van der Waals surface area contributed by atoms with E-state index in [1.807, 2.05) is 27.0 Å². The van der Waals surface area contributed by atoms with E-state index in [4.69, 9.17) is 4.52 Å². The van der Waals surface area contributed by atoms with Crippen LogP contribution in [0.1, 0.15) is 49.1 Å². The van der Waals surface area contributed by atoms with Gasteiger partial charge in [0.15, 0.2) is 5.96 Å². The summed E-state index contributed by atoms with van der Waals surface area (Å²) in [6.07, 6.45) is 8.76. The Morgan fingerprint density at radius 1 is 1.29 bits per heavy atom. The summed E-state index contributed by atoms with van der Waals surface area (Å²) < 4.78 is 5.20. The number of aryl methyl sites for hydroxylation is 2. The second-order valence-electron chi connectivity index (χ2n) is 5.94. The SMILES string of the molecule is C=CCCCCCN(C)C(=NC)NCCCc1c(C)noc1C.I. The smallest absolute Gasteiger partial charge is 0.193 e. The van der Waals surface area contributed by atoms with E-state index < -0.39 is 0 Å². The highest BCUT2D eigenvalue weighted by Gasteiger charge is 2.09. The number of hydrogen-bond donors (Lipinski definition) is 1. The molecule has 0 spiro atoms. The molecule has 1 rings (SSSR count). The molecule has 0 atom stereocenters. The van der Waals surface area contributed by atoms with E-state index in [2.05, 4.69) is 34.0 Å². The molecule has 0 radical (unpaired) electrons. The monoisotopic (exact) mass is 448 g/mol. The summed E-state index contributed by atoms with van der Waals surface area (Å²) in [4.78, 5) is 6.56. The predicted molar refractivity (Wildman–Crippen MR) is 112 cm³/mol. The lowest BCUT2D eigenvalue weighted by atomic mass is 10.1. The molecule has 0 saturated heterocycles. The maximum atomic E-state index is 5.20. The Kier molecular flexibility index (Phi) is 12.7. The number of unbranched alkanes of at least 4 members (excludes halogenated alkanes) is 3. The number of aromatic nitrogens is 1. The van der Waals surface area contributed by atoms with Gasteiger partial charge in [0.05, 0.1) is 5.69 Å². The number of halogens is 1. The molecule has 5 nitrogen and oxygen atoms in total. The molecule has 0 aromatic carbocycles. The summed E-state index contributed by atoms with van der Waals surface area (Å²) in [5.74, 6) is 1.90. The Labute approximate surface area is 164 Å². The van der Waals surface area contributed by atoms with Crippen molar-refractivity contribution in [2.24, 2.45) is 4.99 Å². The quantitative estimate of drug-likeness (QED) is 0.193. The second kappa shape index (κ2) is 13.3. The van der Waals surface area contributed by atoms with E-state index in [1.165, 1.54) is 24.8 Å². The highest BCUT2D eigenvalue weighted by molar-refractivity contribution is 14.0. The average molecular weight is 448 g/mol. The van der Waals surface area contributed by atoms with Gasteiger partial charge in [-0.05, 0) is 46.0 Å². The van der Waals surface area contributed by atoms with Crippen LogP contribution in [0.25, 0.3) is 0 Å². The topological polar surface area (TPSA) is 53.7 Å². The molecular formula is C18H33IN4O. The zero-order valence-corrected chi connectivity index (χ0v) is 17.9. The summed E-state index contributed by atoms with van der Waals surface area (Å²) in [6, 6.07) is 0. The van der Waals surface area contributed by atoms with E-state index in [1.54, 1.807) is 0 Å². The lowest BCUT2D eigenvalue weighted by molar-refractivity contribution is 0.392. The maximum Gasteiger partial charge on any atom is 0.193 e. The number of rotatable bonds is 10. The van der Waals surface area contributed by atoms with Crippen molar-refractivity contribution in [3.63, 3.8) is 0 Å². The van der Waals surface area contributed by atoms with Crippen LogP contribution in [0, 0.1) is 13.8 Å². The van der Waals surface area contributed by atoms with E-state index in [-0.39, 0.29) is 24.0 Å². The standard InChI is InChI=1S/C18H32N4O.HI/c1-6-7-8-9-10-14-22(5)18(19-4)20-13-11-12-17-15(2)21-23-16(17)3;/h6H,1,7-14H2,2-5H3,(H,19,20);1H. The molecule has 0 aliphatic rings. The van der Waals surface area contributed by atoms with Crippen LogP contribution in [0.3, 0.4) is 0 Å². The van der Waals surface area contributed by atoms with Crippen LogP contribution in [0.15, 0.2) is 22.2 Å². The zero-order valence-electron chi connectivity index (χ0n) is 15.6. The first-order valence-corrected chi connectivity index (χ1v) is 8.54. The molecule has 6 heteroatoms. The van der Waals surface area contributed by atoms with Crippen LogP contribution in [-0.4, -0.2) is 43.2 Å². The summed E-state index contributed by atoms with van der Waals surface area (Å²) in [6.45, 7) is 9.66. The van der Waals surface area contributed by atoms with Crippen LogP contribution in [-0.2, 0) is 6.42 Å². The molecule has 0 aliphatic carbocycles. The molecule has 0 unspecified atom stereocenters. The fraction of sp³-hybridized carbons (Fsp3) is 0.667. The molecule has 0 amide bonds. The van der Waals surface area contributed by atoms with Crippen LogP contribution in [0.5, 0.6) is 0 Å². The van der Waals surface area contributed by atoms with E-state index in [9.17, 15) is 0 Å². The van der Waals surface area contributed by atoms with Gasteiger partial charge in [-0.15, -0.1) is 30.6 Å². The zero-order chi connectivity index (χ0) is 17.1. The summed E-state index contributed by atoms with van der Waals surface area (Å²) in [7, 11) is 3.93. The van der Waals surface area contributed by atoms with Gasteiger partial charge in [0.25, 0.3) is 0 Å². The third-order valence-electron chi connectivity index (χ3n) is 4.04. The minimum atomic E-state index is 0. The molecule has 0 fully saturated rings. The summed E-state index contributed by atoms with van der Waals surface area (Å²) >= 11 is 0. The Morgan fingerprint density at radius 2 is 2.04 bits per heavy atom. The van der Waals surface area contributed by atoms with Gasteiger partial charge in [0.2, 0.25) is 0 Å². The first-order valence-electron chi connectivity index (χ1n) is 8.54. The van der Waals surface area contributed by atoms with Gasteiger partial charge in [-0.2, -0.15) is 0 Å². The lowest BCUT2D eigenvalue weighted by Crippen LogP contribution is -2.39. The second-order valence-corrected chi connectivity index (χ2v) is 5.94. The van der Waals surface area contributed by atoms with Crippen molar-refractivity contribution in [2.75, 3.05) is 27.2 Å². The average Bonchev–Trinajstić information content (AvgIpc) is 2.86. The van der Waals surface area contributed by atoms with Crippen molar-refractivity contribution in [3.8, 4) is 0 Å². The third kappa shape index (κ3) is 8.17. The van der Waals surface area contributed by atoms with Gasteiger partial charge in [-0.3, -0.25) is 4.99 Å². The molecular weight excluding hydrogens is 415 g/mol. The Balaban J connectivity index is 0.00000529. The van der Waals surface area contributed by atoms with Crippen LogP contribution in [0.4, 0.5) is 0 Å². The van der Waals surface area contributed by atoms with E-state index in [0.29, 0.717) is 0 Å². The first-order chi connectivity index (χ1) is 11.1. The molecule has 138 valence electrons. The number of allylic oxidation sites excluding steroid dienone is 1. The number of hydrogen-bond acceptors (Lipinski definition) is 3. The fourth-order valence-electron chi connectivity index (χ4n) is 2.63. The normalized spacial score (nSPS) is 11.1. The number of guanidine groups is 1. The highest BCUT2D eigenvalue weighted by atomic mass is 127. The minimum absolute atomic E-state index is 0. The van der Waals surface area contributed by atoms with Crippen molar-refractivity contribution in [1.82, 2.24) is 15.4 Å². The van der Waals surface area contributed by atoms with Crippen molar-refractivity contribution < 1.29 is 4.52 Å². The predicted octanol–water partition coefficient (Wildman–Crippen LogP) is 4.10. The molecule has 24 heavy (non-hydrogen) atoms. The molecule has 1 heterocycles. The minimum Gasteiger partial charge on any atom is -0.361 e. The largest absolute Gasteiger partial charge is 0.361 e. The van der Waals surface area contributed by atoms with Gasteiger partial charge >= 0.3 is 0 Å². The van der Waals surface area contributed by atoms with Crippen molar-refractivity contribution in [3.05, 3.63) is 29.7 Å². The Hall–Kier alpha value is -1.05. The van der Waals surface area contributed by atoms with E-state index in [0.717, 1.165) is 49.8 Å². The molecule has 1 N–H and O–H groups in total. The van der Waals surface area contributed by atoms with Gasteiger partial charge in [0.1, 0.15) is 5.76 Å². The van der Waals surface area contributed by atoms with Crippen molar-refractivity contribution in [1.29, 1.82) is 0 Å². The molecule has 1 aromatic rings. The molecule has 0 saturated carbocycles. The Morgan fingerprint density at radius 3 is 2.62 bits per heavy atom. The van der Waals surface area contributed by atoms with Gasteiger partial charge in [-0.1, -0.05) is 17.7 Å². The first kappa shape index (κ1) is 22.9. The van der Waals surface area contributed by atoms with Gasteiger partial charge in [0, 0.05) is 32.7 Å². The number of aliphatic imine (C=N–C) groups is 1. The number of nitrogens with one attached hydrogen (secondary N) is 1. The molecule has 1 aromatic heterocycles. The summed E-state index contributed by atoms with van der Waals surface area (Å²) in [5.41, 5.74) is 2.24. The van der Waals surface area contributed by atoms with Crippen molar-refractivity contribution >= 4 is 29.9 Å². The Bertz CT molecular complexity index is 480.